The van der Waals surface area contributed by atoms with Crippen LogP contribution in [0.1, 0.15) is 30.9 Å². The maximum Gasteiger partial charge on any atom is 0.240 e. The van der Waals surface area contributed by atoms with Gasteiger partial charge in [-0.15, -0.1) is 0 Å². The predicted molar refractivity (Wildman–Crippen MR) is 90.8 cm³/mol. The van der Waals surface area contributed by atoms with Crippen molar-refractivity contribution < 1.29 is 4.79 Å². The van der Waals surface area contributed by atoms with E-state index in [4.69, 9.17) is 0 Å². The van der Waals surface area contributed by atoms with Crippen LogP contribution in [0, 0.1) is 0 Å². The van der Waals surface area contributed by atoms with Crippen molar-refractivity contribution in [3.05, 3.63) is 71.8 Å². The molecule has 0 aliphatic carbocycles. The maximum absolute atomic E-state index is 11.9. The molecule has 0 aliphatic heterocycles. The fourth-order valence-electron chi connectivity index (χ4n) is 2.17. The summed E-state index contributed by atoms with van der Waals surface area (Å²) >= 11 is 0. The number of carbonyl (C=O) groups is 1. The van der Waals surface area contributed by atoms with Crippen molar-refractivity contribution in [1.29, 1.82) is 0 Å². The molecule has 0 heterocycles. The van der Waals surface area contributed by atoms with Crippen LogP contribution in [-0.4, -0.2) is 11.6 Å². The van der Waals surface area contributed by atoms with Gasteiger partial charge in [0.05, 0.1) is 0 Å². The Kier molecular flexibility index (Phi) is 6.37. The molecular formula is C19H22N2O. The van der Waals surface area contributed by atoms with Crippen LogP contribution in [0.5, 0.6) is 0 Å². The Labute approximate surface area is 132 Å². The summed E-state index contributed by atoms with van der Waals surface area (Å²) in [7, 11) is 0. The molecule has 0 atom stereocenters. The normalized spacial score (nSPS) is 11.2. The number of hydrazone groups is 1. The zero-order valence-corrected chi connectivity index (χ0v) is 13.0. The summed E-state index contributed by atoms with van der Waals surface area (Å²) < 4.78 is 0. The average molecular weight is 294 g/mol. The summed E-state index contributed by atoms with van der Waals surface area (Å²) in [6.45, 7) is 2.05. The standard InChI is InChI=1S/C19H22N2O/c1-2-18(15-17-11-7-4-8-12-17)20-21-19(22)14-13-16-9-5-3-6-10-16/h3-12H,2,13-15H2,1H3,(H,21,22). The molecule has 22 heavy (non-hydrogen) atoms. The fourth-order valence-corrected chi connectivity index (χ4v) is 2.17. The number of hydrogen-bond donors (Lipinski definition) is 1. The summed E-state index contributed by atoms with van der Waals surface area (Å²) in [5.74, 6) is -0.0390. The molecule has 1 N–H and O–H groups in total. The third-order valence-corrected chi connectivity index (χ3v) is 3.48. The number of amides is 1. The quantitative estimate of drug-likeness (QED) is 0.613. The molecule has 0 saturated heterocycles. The second-order valence-corrected chi connectivity index (χ2v) is 5.21. The van der Waals surface area contributed by atoms with Gasteiger partial charge >= 0.3 is 0 Å². The first-order chi connectivity index (χ1) is 10.8. The van der Waals surface area contributed by atoms with Crippen molar-refractivity contribution >= 4 is 11.6 Å². The zero-order valence-electron chi connectivity index (χ0n) is 13.0. The van der Waals surface area contributed by atoms with E-state index in [2.05, 4.69) is 29.6 Å². The molecule has 0 radical (unpaired) electrons. The molecule has 2 aromatic rings. The van der Waals surface area contributed by atoms with Gasteiger partial charge in [-0.05, 0) is 24.0 Å². The highest BCUT2D eigenvalue weighted by atomic mass is 16.2. The number of carbonyl (C=O) groups excluding carboxylic acids is 1. The van der Waals surface area contributed by atoms with Gasteiger partial charge in [0.15, 0.2) is 0 Å². The highest BCUT2D eigenvalue weighted by molar-refractivity contribution is 5.87. The summed E-state index contributed by atoms with van der Waals surface area (Å²) in [5.41, 5.74) is 6.04. The molecule has 1 amide bonds. The van der Waals surface area contributed by atoms with Gasteiger partial charge in [0.2, 0.25) is 5.91 Å². The van der Waals surface area contributed by atoms with Gasteiger partial charge in [0.1, 0.15) is 0 Å². The summed E-state index contributed by atoms with van der Waals surface area (Å²) in [5, 5.41) is 4.27. The number of hydrogen-bond acceptors (Lipinski definition) is 2. The zero-order chi connectivity index (χ0) is 15.6. The van der Waals surface area contributed by atoms with Gasteiger partial charge in [-0.3, -0.25) is 4.79 Å². The van der Waals surface area contributed by atoms with E-state index >= 15 is 0 Å². The summed E-state index contributed by atoms with van der Waals surface area (Å²) in [6.07, 6.45) is 2.79. The van der Waals surface area contributed by atoms with E-state index in [1.54, 1.807) is 0 Å². The topological polar surface area (TPSA) is 41.5 Å². The van der Waals surface area contributed by atoms with E-state index in [0.717, 1.165) is 25.0 Å². The monoisotopic (exact) mass is 294 g/mol. The number of nitrogens with zero attached hydrogens (tertiary/aromatic N) is 1. The lowest BCUT2D eigenvalue weighted by Gasteiger charge is -2.05. The second-order valence-electron chi connectivity index (χ2n) is 5.21. The fraction of sp³-hybridized carbons (Fsp3) is 0.263. The van der Waals surface area contributed by atoms with Gasteiger partial charge in [0.25, 0.3) is 0 Å². The lowest BCUT2D eigenvalue weighted by molar-refractivity contribution is -0.121. The Morgan fingerprint density at radius 3 is 2.14 bits per heavy atom. The Bertz CT molecular complexity index is 606. The van der Waals surface area contributed by atoms with Crippen LogP contribution in [0.25, 0.3) is 0 Å². The van der Waals surface area contributed by atoms with E-state index in [0.29, 0.717) is 6.42 Å². The molecule has 2 aromatic carbocycles. The van der Waals surface area contributed by atoms with Crippen molar-refractivity contribution in [2.45, 2.75) is 32.6 Å². The highest BCUT2D eigenvalue weighted by Crippen LogP contribution is 2.04. The number of benzene rings is 2. The van der Waals surface area contributed by atoms with E-state index in [1.807, 2.05) is 48.5 Å². The minimum Gasteiger partial charge on any atom is -0.273 e. The maximum atomic E-state index is 11.9. The van der Waals surface area contributed by atoms with Crippen LogP contribution in [0.15, 0.2) is 65.8 Å². The molecule has 0 bridgehead atoms. The lowest BCUT2D eigenvalue weighted by atomic mass is 10.1. The van der Waals surface area contributed by atoms with Gasteiger partial charge in [-0.1, -0.05) is 67.6 Å². The van der Waals surface area contributed by atoms with Crippen LogP contribution in [0.4, 0.5) is 0 Å². The van der Waals surface area contributed by atoms with Crippen molar-refractivity contribution in [3.8, 4) is 0 Å². The van der Waals surface area contributed by atoms with E-state index in [9.17, 15) is 4.79 Å². The molecule has 0 saturated carbocycles. The van der Waals surface area contributed by atoms with Gasteiger partial charge in [-0.2, -0.15) is 5.10 Å². The Hall–Kier alpha value is -2.42. The highest BCUT2D eigenvalue weighted by Gasteiger charge is 2.03. The smallest absolute Gasteiger partial charge is 0.240 e. The van der Waals surface area contributed by atoms with Crippen LogP contribution < -0.4 is 5.43 Å². The second kappa shape index (κ2) is 8.78. The summed E-state index contributed by atoms with van der Waals surface area (Å²) in [6, 6.07) is 20.2. The molecule has 0 spiro atoms. The Balaban J connectivity index is 1.82. The molecule has 2 rings (SSSR count). The van der Waals surface area contributed by atoms with E-state index in [-0.39, 0.29) is 5.91 Å². The first-order valence-corrected chi connectivity index (χ1v) is 7.70. The van der Waals surface area contributed by atoms with Gasteiger partial charge in [-0.25, -0.2) is 5.43 Å². The van der Waals surface area contributed by atoms with Crippen molar-refractivity contribution in [1.82, 2.24) is 5.43 Å². The minimum atomic E-state index is -0.0390. The molecule has 0 aliphatic rings. The summed E-state index contributed by atoms with van der Waals surface area (Å²) in [4.78, 5) is 11.9. The molecule has 114 valence electrons. The molecule has 0 unspecified atom stereocenters. The number of nitrogens with one attached hydrogen (secondary N) is 1. The van der Waals surface area contributed by atoms with Gasteiger partial charge in [0, 0.05) is 18.6 Å². The molecule has 3 nitrogen and oxygen atoms in total. The SMILES string of the molecule is CCC(Cc1ccccc1)=NNC(=O)CCc1ccccc1. The molecule has 3 heteroatoms. The average Bonchev–Trinajstić information content (AvgIpc) is 2.58. The third-order valence-electron chi connectivity index (χ3n) is 3.48. The first kappa shape index (κ1) is 16.0. The number of rotatable bonds is 7. The van der Waals surface area contributed by atoms with Crippen LogP contribution in [-0.2, 0) is 17.6 Å². The van der Waals surface area contributed by atoms with Gasteiger partial charge < -0.3 is 0 Å². The van der Waals surface area contributed by atoms with Crippen molar-refractivity contribution in [3.63, 3.8) is 0 Å². The Morgan fingerprint density at radius 1 is 0.955 bits per heavy atom. The predicted octanol–water partition coefficient (Wildman–Crippen LogP) is 3.74. The largest absolute Gasteiger partial charge is 0.273 e. The molecular weight excluding hydrogens is 272 g/mol. The lowest BCUT2D eigenvalue weighted by Crippen LogP contribution is -2.20. The van der Waals surface area contributed by atoms with E-state index < -0.39 is 0 Å². The van der Waals surface area contributed by atoms with E-state index in [1.165, 1.54) is 11.1 Å². The van der Waals surface area contributed by atoms with Crippen molar-refractivity contribution in [2.75, 3.05) is 0 Å². The van der Waals surface area contributed by atoms with Crippen LogP contribution in [0.3, 0.4) is 0 Å². The first-order valence-electron chi connectivity index (χ1n) is 7.70. The Morgan fingerprint density at radius 2 is 1.55 bits per heavy atom. The van der Waals surface area contributed by atoms with Crippen LogP contribution in [0.2, 0.25) is 0 Å². The minimum absolute atomic E-state index is 0.0390. The number of aryl methyl sites for hydroxylation is 1. The molecule has 0 aromatic heterocycles. The van der Waals surface area contributed by atoms with Crippen LogP contribution >= 0.6 is 0 Å². The van der Waals surface area contributed by atoms with Crippen molar-refractivity contribution in [2.24, 2.45) is 5.10 Å². The third kappa shape index (κ3) is 5.52. The molecule has 0 fully saturated rings.